The third kappa shape index (κ3) is 7.02. The van der Waals surface area contributed by atoms with Crippen molar-refractivity contribution < 1.29 is 32.6 Å². The fourth-order valence-corrected chi connectivity index (χ4v) is 4.98. The number of carbonyl (C=O) groups is 2. The van der Waals surface area contributed by atoms with Crippen LogP contribution in [-0.2, 0) is 17.5 Å². The minimum Gasteiger partial charge on any atom is -0.465 e. The zero-order chi connectivity index (χ0) is 29.1. The summed E-state index contributed by atoms with van der Waals surface area (Å²) in [5.41, 5.74) is 2.29. The van der Waals surface area contributed by atoms with E-state index in [2.05, 4.69) is 15.6 Å². The second-order valence-electron chi connectivity index (χ2n) is 10.5. The molecule has 1 aliphatic heterocycles. The number of benzene rings is 2. The molecule has 5 rings (SSSR count). The Balaban J connectivity index is 1.34. The number of alkyl halides is 3. The molecule has 1 aliphatic carbocycles. The highest BCUT2D eigenvalue weighted by atomic mass is 19.4. The van der Waals surface area contributed by atoms with Crippen LogP contribution in [0, 0.1) is 0 Å². The van der Waals surface area contributed by atoms with Crippen molar-refractivity contribution in [3.05, 3.63) is 82.4 Å². The molecule has 2 heterocycles. The van der Waals surface area contributed by atoms with Gasteiger partial charge in [-0.25, -0.2) is 14.8 Å². The van der Waals surface area contributed by atoms with Crippen molar-refractivity contribution in [1.29, 1.82) is 0 Å². The van der Waals surface area contributed by atoms with Gasteiger partial charge in [0.1, 0.15) is 11.5 Å². The maximum absolute atomic E-state index is 13.4. The Morgan fingerprint density at radius 2 is 1.71 bits per heavy atom. The maximum Gasteiger partial charge on any atom is 0.416 e. The molecule has 1 saturated heterocycles. The number of carboxylic acid groups (broad SMARTS) is 1. The molecule has 3 N–H and O–H groups in total. The van der Waals surface area contributed by atoms with Gasteiger partial charge in [0.25, 0.3) is 5.91 Å². The normalized spacial score (nSPS) is 16.7. The molecule has 2 fully saturated rings. The number of amides is 2. The van der Waals surface area contributed by atoms with Crippen LogP contribution >= 0.6 is 0 Å². The number of hydrogen-bond donors (Lipinski definition) is 3. The first-order valence-electron chi connectivity index (χ1n) is 13.6. The molecule has 0 radical (unpaired) electrons. The molecule has 8 nitrogen and oxygen atoms in total. The highest BCUT2D eigenvalue weighted by Crippen LogP contribution is 2.39. The van der Waals surface area contributed by atoms with Gasteiger partial charge in [0.15, 0.2) is 0 Å². The summed E-state index contributed by atoms with van der Waals surface area (Å²) in [7, 11) is 0. The molecule has 11 heteroatoms. The van der Waals surface area contributed by atoms with Gasteiger partial charge >= 0.3 is 12.3 Å². The van der Waals surface area contributed by atoms with Crippen LogP contribution in [0.25, 0.3) is 11.1 Å². The molecular formula is C30H31F3N4O4. The fourth-order valence-electron chi connectivity index (χ4n) is 4.98. The summed E-state index contributed by atoms with van der Waals surface area (Å²) in [5.74, 6) is 0.912. The first-order valence-corrected chi connectivity index (χ1v) is 13.6. The Hall–Kier alpha value is -3.99. The van der Waals surface area contributed by atoms with E-state index in [1.165, 1.54) is 6.07 Å². The molecule has 2 aliphatic rings. The van der Waals surface area contributed by atoms with Gasteiger partial charge in [0.05, 0.1) is 11.6 Å². The molecule has 1 atom stereocenters. The number of halogens is 3. The van der Waals surface area contributed by atoms with E-state index in [-0.39, 0.29) is 29.9 Å². The second kappa shape index (κ2) is 11.9. The molecule has 41 heavy (non-hydrogen) atoms. The average molecular weight is 569 g/mol. The van der Waals surface area contributed by atoms with Crippen molar-refractivity contribution in [3.63, 3.8) is 0 Å². The van der Waals surface area contributed by atoms with Crippen LogP contribution in [0.5, 0.6) is 0 Å². The van der Waals surface area contributed by atoms with Crippen molar-refractivity contribution in [2.45, 2.75) is 63.2 Å². The molecule has 0 unspecified atom stereocenters. The molecule has 1 aromatic heterocycles. The average Bonchev–Trinajstić information content (AvgIpc) is 3.82. The summed E-state index contributed by atoms with van der Waals surface area (Å²) < 4.78 is 45.7. The van der Waals surface area contributed by atoms with Crippen LogP contribution in [0.4, 0.5) is 18.0 Å². The third-order valence-corrected chi connectivity index (χ3v) is 7.51. The van der Waals surface area contributed by atoms with Crippen molar-refractivity contribution in [2.75, 3.05) is 13.2 Å². The predicted molar refractivity (Wildman–Crippen MR) is 144 cm³/mol. The predicted octanol–water partition coefficient (Wildman–Crippen LogP) is 6.19. The molecule has 3 aromatic rings. The number of hydrogen-bond acceptors (Lipinski definition) is 5. The van der Waals surface area contributed by atoms with Crippen LogP contribution in [0.3, 0.4) is 0 Å². The minimum atomic E-state index is -4.54. The number of nitrogens with zero attached hydrogens (tertiary/aromatic N) is 2. The largest absolute Gasteiger partial charge is 0.465 e. The highest BCUT2D eigenvalue weighted by molar-refractivity contribution is 5.92. The zero-order valence-electron chi connectivity index (χ0n) is 22.5. The van der Waals surface area contributed by atoms with E-state index >= 15 is 0 Å². The van der Waals surface area contributed by atoms with Gasteiger partial charge in [-0.05, 0) is 73.1 Å². The summed E-state index contributed by atoms with van der Waals surface area (Å²) in [5, 5.41) is 14.2. The minimum absolute atomic E-state index is 0.144. The summed E-state index contributed by atoms with van der Waals surface area (Å²) >= 11 is 0. The first-order chi connectivity index (χ1) is 19.6. The van der Waals surface area contributed by atoms with Gasteiger partial charge < -0.3 is 20.5 Å². The maximum atomic E-state index is 13.4. The van der Waals surface area contributed by atoms with E-state index in [0.717, 1.165) is 49.1 Å². The van der Waals surface area contributed by atoms with Crippen LogP contribution in [0.1, 0.15) is 89.2 Å². The van der Waals surface area contributed by atoms with Gasteiger partial charge in [-0.3, -0.25) is 4.79 Å². The van der Waals surface area contributed by atoms with Gasteiger partial charge in [0.2, 0.25) is 0 Å². The van der Waals surface area contributed by atoms with E-state index in [9.17, 15) is 22.8 Å². The van der Waals surface area contributed by atoms with Crippen LogP contribution in [0.2, 0.25) is 0 Å². The SMILES string of the molecule is C[C@@H](NC(=O)c1cc(C2CCOCC2)nc(C2CC2)n1)c1ccc(-c2cc(C(F)(F)F)ccc2CNC(=O)O)cc1. The molecule has 0 bridgehead atoms. The smallest absolute Gasteiger partial charge is 0.416 e. The molecule has 216 valence electrons. The lowest BCUT2D eigenvalue weighted by molar-refractivity contribution is -0.137. The van der Waals surface area contributed by atoms with Crippen LogP contribution in [0.15, 0.2) is 48.5 Å². The van der Waals surface area contributed by atoms with Crippen molar-refractivity contribution >= 4 is 12.0 Å². The van der Waals surface area contributed by atoms with E-state index in [1.807, 2.05) is 6.92 Å². The number of nitrogens with one attached hydrogen (secondary N) is 2. The number of aromatic nitrogens is 2. The summed E-state index contributed by atoms with van der Waals surface area (Å²) in [4.78, 5) is 33.6. The summed E-state index contributed by atoms with van der Waals surface area (Å²) in [6, 6.07) is 11.4. The number of ether oxygens (including phenoxy) is 1. The van der Waals surface area contributed by atoms with Gasteiger partial charge in [-0.2, -0.15) is 13.2 Å². The Bertz CT molecular complexity index is 1420. The fraction of sp³-hybridized carbons (Fsp3) is 0.400. The Morgan fingerprint density at radius 1 is 1.00 bits per heavy atom. The lowest BCUT2D eigenvalue weighted by Crippen LogP contribution is -2.28. The molecule has 2 aromatic carbocycles. The Labute approximate surface area is 235 Å². The number of carbonyl (C=O) groups excluding carboxylic acids is 1. The third-order valence-electron chi connectivity index (χ3n) is 7.51. The zero-order valence-corrected chi connectivity index (χ0v) is 22.5. The van der Waals surface area contributed by atoms with E-state index in [1.54, 1.807) is 30.3 Å². The lowest BCUT2D eigenvalue weighted by Gasteiger charge is -2.22. The van der Waals surface area contributed by atoms with Crippen molar-refractivity contribution in [3.8, 4) is 11.1 Å². The highest BCUT2D eigenvalue weighted by Gasteiger charge is 2.32. The van der Waals surface area contributed by atoms with E-state index < -0.39 is 23.9 Å². The molecular weight excluding hydrogens is 537 g/mol. The van der Waals surface area contributed by atoms with Gasteiger partial charge in [0, 0.05) is 37.3 Å². The Kier molecular flexibility index (Phi) is 8.25. The van der Waals surface area contributed by atoms with Crippen molar-refractivity contribution in [2.24, 2.45) is 0 Å². The second-order valence-corrected chi connectivity index (χ2v) is 10.5. The lowest BCUT2D eigenvalue weighted by atomic mass is 9.95. The number of rotatable bonds is 8. The van der Waals surface area contributed by atoms with Crippen LogP contribution in [-0.4, -0.2) is 40.3 Å². The van der Waals surface area contributed by atoms with Gasteiger partial charge in [-0.15, -0.1) is 0 Å². The topological polar surface area (TPSA) is 113 Å². The Morgan fingerprint density at radius 3 is 2.34 bits per heavy atom. The standard InChI is InChI=1S/C30H31F3N4O4/c1-17(35-28(38)26-15-25(20-10-12-41-13-11-20)36-27(37-26)21-6-7-21)18-2-4-19(5-3-18)24-14-23(30(31,32)33)9-8-22(24)16-34-29(39)40/h2-5,8-9,14-15,17,20-21,34H,6-7,10-13,16H2,1H3,(H,35,38)(H,39,40)/t17-/m1/s1. The molecule has 0 spiro atoms. The molecule has 1 saturated carbocycles. The first kappa shape index (κ1) is 28.5. The monoisotopic (exact) mass is 568 g/mol. The van der Waals surface area contributed by atoms with E-state index in [4.69, 9.17) is 14.8 Å². The van der Waals surface area contributed by atoms with Crippen LogP contribution < -0.4 is 10.6 Å². The molecule has 2 amide bonds. The van der Waals surface area contributed by atoms with E-state index in [0.29, 0.717) is 35.9 Å². The van der Waals surface area contributed by atoms with Gasteiger partial charge in [-0.1, -0.05) is 30.3 Å². The summed E-state index contributed by atoms with van der Waals surface area (Å²) in [6.45, 7) is 3.01. The summed E-state index contributed by atoms with van der Waals surface area (Å²) in [6.07, 6.45) is -2.08. The van der Waals surface area contributed by atoms with Crippen molar-refractivity contribution in [1.82, 2.24) is 20.6 Å². The quantitative estimate of drug-likeness (QED) is 0.299.